The number of aliphatic hydroxyl groups excluding tert-OH is 1. The first-order valence-electron chi connectivity index (χ1n) is 5.19. The summed E-state index contributed by atoms with van der Waals surface area (Å²) in [5.41, 5.74) is 2.15. The van der Waals surface area contributed by atoms with Crippen LogP contribution in [0.5, 0.6) is 0 Å². The number of amides is 1. The highest BCUT2D eigenvalue weighted by Gasteiger charge is 2.25. The normalized spacial score (nSPS) is 19.9. The molecule has 1 aromatic carbocycles. The van der Waals surface area contributed by atoms with Crippen LogP contribution in [0.25, 0.3) is 0 Å². The second-order valence-electron chi connectivity index (χ2n) is 4.01. The van der Waals surface area contributed by atoms with E-state index in [2.05, 4.69) is 0 Å². The maximum Gasteiger partial charge on any atom is 0.223 e. The predicted octanol–water partition coefficient (Wildman–Crippen LogP) is 1.20. The summed E-state index contributed by atoms with van der Waals surface area (Å²) in [7, 11) is 0. The van der Waals surface area contributed by atoms with Gasteiger partial charge in [-0.2, -0.15) is 0 Å². The lowest BCUT2D eigenvalue weighted by atomic mass is 9.93. The number of benzene rings is 1. The molecule has 0 bridgehead atoms. The fourth-order valence-corrected chi connectivity index (χ4v) is 2.10. The summed E-state index contributed by atoms with van der Waals surface area (Å²) in [6, 6.07) is 7.89. The van der Waals surface area contributed by atoms with E-state index < -0.39 is 0 Å². The first-order valence-corrected chi connectivity index (χ1v) is 5.19. The Balaban J connectivity index is 2.38. The van der Waals surface area contributed by atoms with Crippen LogP contribution in [-0.4, -0.2) is 24.2 Å². The number of hydrogen-bond acceptors (Lipinski definition) is 2. The van der Waals surface area contributed by atoms with Crippen LogP contribution in [0.15, 0.2) is 24.3 Å². The van der Waals surface area contributed by atoms with Crippen LogP contribution in [-0.2, 0) is 11.2 Å². The van der Waals surface area contributed by atoms with Crippen molar-refractivity contribution in [3.63, 3.8) is 0 Å². The lowest BCUT2D eigenvalue weighted by Crippen LogP contribution is -2.39. The maximum atomic E-state index is 11.5. The molecule has 0 aromatic heterocycles. The average Bonchev–Trinajstić information content (AvgIpc) is 2.27. The fourth-order valence-electron chi connectivity index (χ4n) is 2.10. The third-order valence-electron chi connectivity index (χ3n) is 2.87. The summed E-state index contributed by atoms with van der Waals surface area (Å²) in [4.78, 5) is 13.2. The van der Waals surface area contributed by atoms with Gasteiger partial charge in [0.15, 0.2) is 0 Å². The number of fused-ring (bicyclic) bond motifs is 1. The lowest BCUT2D eigenvalue weighted by Gasteiger charge is -2.33. The van der Waals surface area contributed by atoms with Crippen molar-refractivity contribution in [2.45, 2.75) is 13.3 Å². The molecule has 1 heterocycles. The van der Waals surface area contributed by atoms with Crippen LogP contribution in [0.3, 0.4) is 0 Å². The molecule has 0 aliphatic carbocycles. The number of nitrogens with zero attached hydrogens (tertiary/aromatic N) is 1. The van der Waals surface area contributed by atoms with Crippen molar-refractivity contribution < 1.29 is 9.90 Å². The standard InChI is InChI=1S/C12H15NO2/c1-9(15)13-7-10(8-14)6-11-4-2-3-5-12(11)13/h2-5,10,14H,6-8H2,1H3. The Hall–Kier alpha value is -1.35. The molecule has 15 heavy (non-hydrogen) atoms. The third kappa shape index (κ3) is 1.88. The molecule has 3 nitrogen and oxygen atoms in total. The third-order valence-corrected chi connectivity index (χ3v) is 2.87. The molecule has 0 fully saturated rings. The van der Waals surface area contributed by atoms with E-state index in [-0.39, 0.29) is 18.4 Å². The number of carbonyl (C=O) groups is 1. The smallest absolute Gasteiger partial charge is 0.223 e. The summed E-state index contributed by atoms with van der Waals surface area (Å²) in [5, 5.41) is 9.18. The van der Waals surface area contributed by atoms with E-state index in [0.717, 1.165) is 17.7 Å². The summed E-state index contributed by atoms with van der Waals surface area (Å²) in [6.07, 6.45) is 0.858. The molecular weight excluding hydrogens is 190 g/mol. The van der Waals surface area contributed by atoms with E-state index in [1.165, 1.54) is 0 Å². The van der Waals surface area contributed by atoms with Gasteiger partial charge in [-0.1, -0.05) is 18.2 Å². The van der Waals surface area contributed by atoms with Crippen LogP contribution < -0.4 is 4.90 Å². The van der Waals surface area contributed by atoms with Crippen molar-refractivity contribution in [1.29, 1.82) is 0 Å². The predicted molar refractivity (Wildman–Crippen MR) is 58.7 cm³/mol. The quantitative estimate of drug-likeness (QED) is 0.748. The molecule has 0 saturated heterocycles. The second kappa shape index (κ2) is 4.03. The van der Waals surface area contributed by atoms with Crippen molar-refractivity contribution in [3.8, 4) is 0 Å². The topological polar surface area (TPSA) is 40.5 Å². The first kappa shape index (κ1) is 10.2. The summed E-state index contributed by atoms with van der Waals surface area (Å²) < 4.78 is 0. The Morgan fingerprint density at radius 3 is 2.93 bits per heavy atom. The molecule has 1 aromatic rings. The summed E-state index contributed by atoms with van der Waals surface area (Å²) >= 11 is 0. The number of carbonyl (C=O) groups excluding carboxylic acids is 1. The van der Waals surface area contributed by atoms with Crippen LogP contribution in [0.2, 0.25) is 0 Å². The van der Waals surface area contributed by atoms with E-state index >= 15 is 0 Å². The Kier molecular flexibility index (Phi) is 2.73. The van der Waals surface area contributed by atoms with Crippen molar-refractivity contribution in [3.05, 3.63) is 29.8 Å². The molecule has 2 rings (SSSR count). The molecule has 1 aliphatic rings. The highest BCUT2D eigenvalue weighted by Crippen LogP contribution is 2.29. The van der Waals surface area contributed by atoms with Crippen molar-refractivity contribution in [1.82, 2.24) is 0 Å². The van der Waals surface area contributed by atoms with Crippen LogP contribution in [0.4, 0.5) is 5.69 Å². The molecule has 3 heteroatoms. The summed E-state index contributed by atoms with van der Waals surface area (Å²) in [6.45, 7) is 2.33. The Morgan fingerprint density at radius 2 is 2.27 bits per heavy atom. The molecule has 1 unspecified atom stereocenters. The highest BCUT2D eigenvalue weighted by molar-refractivity contribution is 5.92. The molecule has 0 spiro atoms. The number of hydrogen-bond donors (Lipinski definition) is 1. The monoisotopic (exact) mass is 205 g/mol. The zero-order chi connectivity index (χ0) is 10.8. The number of rotatable bonds is 1. The molecule has 1 amide bonds. The van der Waals surface area contributed by atoms with Gasteiger partial charge in [0.1, 0.15) is 0 Å². The Labute approximate surface area is 89.3 Å². The van der Waals surface area contributed by atoms with Gasteiger partial charge in [0.2, 0.25) is 5.91 Å². The van der Waals surface area contributed by atoms with Gasteiger partial charge in [-0.15, -0.1) is 0 Å². The van der Waals surface area contributed by atoms with Gasteiger partial charge in [-0.25, -0.2) is 0 Å². The van der Waals surface area contributed by atoms with E-state index in [1.807, 2.05) is 24.3 Å². The minimum atomic E-state index is 0.0422. The second-order valence-corrected chi connectivity index (χ2v) is 4.01. The van der Waals surface area contributed by atoms with Crippen molar-refractivity contribution in [2.24, 2.45) is 5.92 Å². The molecule has 0 saturated carbocycles. The summed E-state index contributed by atoms with van der Waals surface area (Å²) in [5.74, 6) is 0.212. The van der Waals surface area contributed by atoms with Gasteiger partial charge in [0.25, 0.3) is 0 Å². The Morgan fingerprint density at radius 1 is 1.53 bits per heavy atom. The van der Waals surface area contributed by atoms with Gasteiger partial charge in [-0.05, 0) is 18.1 Å². The van der Waals surface area contributed by atoms with Crippen molar-refractivity contribution in [2.75, 3.05) is 18.1 Å². The Bertz CT molecular complexity index is 376. The van der Waals surface area contributed by atoms with Crippen LogP contribution in [0, 0.1) is 5.92 Å². The minimum absolute atomic E-state index is 0.0422. The van der Waals surface area contributed by atoms with Crippen molar-refractivity contribution >= 4 is 11.6 Å². The lowest BCUT2D eigenvalue weighted by molar-refractivity contribution is -0.116. The van der Waals surface area contributed by atoms with E-state index in [0.29, 0.717) is 6.54 Å². The number of aliphatic hydroxyl groups is 1. The average molecular weight is 205 g/mol. The van der Waals surface area contributed by atoms with Gasteiger partial charge in [-0.3, -0.25) is 4.79 Å². The number of para-hydroxylation sites is 1. The zero-order valence-corrected chi connectivity index (χ0v) is 8.81. The van der Waals surface area contributed by atoms with Crippen LogP contribution >= 0.6 is 0 Å². The minimum Gasteiger partial charge on any atom is -0.396 e. The van der Waals surface area contributed by atoms with Gasteiger partial charge >= 0.3 is 0 Å². The molecule has 1 atom stereocenters. The SMILES string of the molecule is CC(=O)N1CC(CO)Cc2ccccc21. The number of anilines is 1. The van der Waals surface area contributed by atoms with Gasteiger partial charge in [0, 0.05) is 31.7 Å². The molecular formula is C12H15NO2. The van der Waals surface area contributed by atoms with E-state index in [4.69, 9.17) is 0 Å². The molecule has 0 radical (unpaired) electrons. The first-order chi connectivity index (χ1) is 7.22. The maximum absolute atomic E-state index is 11.5. The highest BCUT2D eigenvalue weighted by atomic mass is 16.3. The molecule has 80 valence electrons. The van der Waals surface area contributed by atoms with Crippen LogP contribution in [0.1, 0.15) is 12.5 Å². The van der Waals surface area contributed by atoms with E-state index in [9.17, 15) is 9.90 Å². The molecule has 1 aliphatic heterocycles. The van der Waals surface area contributed by atoms with Gasteiger partial charge in [0.05, 0.1) is 0 Å². The zero-order valence-electron chi connectivity index (χ0n) is 8.81. The van der Waals surface area contributed by atoms with E-state index in [1.54, 1.807) is 11.8 Å². The van der Waals surface area contributed by atoms with Gasteiger partial charge < -0.3 is 10.0 Å². The largest absolute Gasteiger partial charge is 0.396 e. The fraction of sp³-hybridized carbons (Fsp3) is 0.417. The molecule has 1 N–H and O–H groups in total.